The van der Waals surface area contributed by atoms with Crippen LogP contribution in [0.25, 0.3) is 10.8 Å². The van der Waals surface area contributed by atoms with Crippen molar-refractivity contribution in [1.29, 1.82) is 0 Å². The minimum Gasteiger partial charge on any atom is -0.352 e. The maximum absolute atomic E-state index is 12.4. The van der Waals surface area contributed by atoms with Gasteiger partial charge in [0.1, 0.15) is 0 Å². The molecule has 6 nitrogen and oxygen atoms in total. The molecule has 0 atom stereocenters. The summed E-state index contributed by atoms with van der Waals surface area (Å²) < 4.78 is 0. The van der Waals surface area contributed by atoms with Crippen LogP contribution in [0.2, 0.25) is 0 Å². The highest BCUT2D eigenvalue weighted by Gasteiger charge is 2.14. The first-order valence-corrected chi connectivity index (χ1v) is 10.3. The van der Waals surface area contributed by atoms with E-state index in [2.05, 4.69) is 10.6 Å². The lowest BCUT2D eigenvalue weighted by Crippen LogP contribution is -2.35. The fourth-order valence-electron chi connectivity index (χ4n) is 2.96. The predicted molar refractivity (Wildman–Crippen MR) is 116 cm³/mol. The molecule has 7 heteroatoms. The SMILES string of the molecule is CN(CC(=O)Nc1cccc2ccccc12)C(=O)CCCNC(=O)c1ccsc1. The Morgan fingerprint density at radius 2 is 1.83 bits per heavy atom. The van der Waals surface area contributed by atoms with E-state index in [1.54, 1.807) is 18.5 Å². The van der Waals surface area contributed by atoms with E-state index in [4.69, 9.17) is 0 Å². The van der Waals surface area contributed by atoms with E-state index in [0.29, 0.717) is 18.5 Å². The van der Waals surface area contributed by atoms with Crippen molar-refractivity contribution in [2.75, 3.05) is 25.5 Å². The lowest BCUT2D eigenvalue weighted by Gasteiger charge is -2.17. The number of fused-ring (bicyclic) bond motifs is 1. The number of carbonyl (C=O) groups excluding carboxylic acids is 3. The molecule has 29 heavy (non-hydrogen) atoms. The molecule has 0 fully saturated rings. The van der Waals surface area contributed by atoms with Crippen molar-refractivity contribution in [3.63, 3.8) is 0 Å². The van der Waals surface area contributed by atoms with E-state index >= 15 is 0 Å². The molecule has 3 rings (SSSR count). The van der Waals surface area contributed by atoms with Gasteiger partial charge in [-0.2, -0.15) is 11.3 Å². The first-order chi connectivity index (χ1) is 14.0. The number of amides is 3. The summed E-state index contributed by atoms with van der Waals surface area (Å²) in [6, 6.07) is 15.3. The third-order valence-electron chi connectivity index (χ3n) is 4.51. The van der Waals surface area contributed by atoms with Gasteiger partial charge in [-0.05, 0) is 29.3 Å². The first-order valence-electron chi connectivity index (χ1n) is 9.36. The Bertz CT molecular complexity index is 996. The molecule has 0 saturated carbocycles. The Balaban J connectivity index is 1.43. The summed E-state index contributed by atoms with van der Waals surface area (Å²) >= 11 is 1.46. The van der Waals surface area contributed by atoms with Crippen LogP contribution in [0, 0.1) is 0 Å². The van der Waals surface area contributed by atoms with Gasteiger partial charge in [0.2, 0.25) is 11.8 Å². The number of carbonyl (C=O) groups is 3. The Morgan fingerprint density at radius 1 is 1.03 bits per heavy atom. The van der Waals surface area contributed by atoms with Gasteiger partial charge in [0.25, 0.3) is 5.91 Å². The van der Waals surface area contributed by atoms with Crippen LogP contribution in [0.4, 0.5) is 5.69 Å². The number of nitrogens with one attached hydrogen (secondary N) is 2. The monoisotopic (exact) mass is 409 g/mol. The lowest BCUT2D eigenvalue weighted by molar-refractivity contribution is -0.133. The number of hydrogen-bond donors (Lipinski definition) is 2. The van der Waals surface area contributed by atoms with Crippen LogP contribution in [0.15, 0.2) is 59.3 Å². The molecule has 150 valence electrons. The number of hydrogen-bond acceptors (Lipinski definition) is 4. The van der Waals surface area contributed by atoms with Gasteiger partial charge in [0.15, 0.2) is 0 Å². The largest absolute Gasteiger partial charge is 0.352 e. The third kappa shape index (κ3) is 5.65. The highest BCUT2D eigenvalue weighted by Crippen LogP contribution is 2.22. The van der Waals surface area contributed by atoms with Crippen LogP contribution >= 0.6 is 11.3 Å². The summed E-state index contributed by atoms with van der Waals surface area (Å²) in [6.07, 6.45) is 0.784. The summed E-state index contributed by atoms with van der Waals surface area (Å²) in [6.45, 7) is 0.389. The van der Waals surface area contributed by atoms with Crippen molar-refractivity contribution in [2.24, 2.45) is 0 Å². The molecule has 0 spiro atoms. The summed E-state index contributed by atoms with van der Waals surface area (Å²) in [4.78, 5) is 37.9. The molecule has 3 amide bonds. The average molecular weight is 410 g/mol. The van der Waals surface area contributed by atoms with Crippen LogP contribution in [-0.2, 0) is 9.59 Å². The minimum atomic E-state index is -0.247. The Hall–Kier alpha value is -3.19. The molecule has 1 aromatic heterocycles. The van der Waals surface area contributed by atoms with Gasteiger partial charge in [-0.15, -0.1) is 0 Å². The van der Waals surface area contributed by atoms with Crippen molar-refractivity contribution in [1.82, 2.24) is 10.2 Å². The second kappa shape index (κ2) is 9.84. The van der Waals surface area contributed by atoms with Gasteiger partial charge in [0, 0.05) is 42.0 Å². The molecule has 0 aliphatic rings. The normalized spacial score (nSPS) is 10.5. The van der Waals surface area contributed by atoms with Gasteiger partial charge < -0.3 is 15.5 Å². The number of likely N-dealkylation sites (N-methyl/N-ethyl adjacent to an activating group) is 1. The van der Waals surface area contributed by atoms with Crippen LogP contribution in [0.1, 0.15) is 23.2 Å². The summed E-state index contributed by atoms with van der Waals surface area (Å²) in [5.74, 6) is -0.521. The molecule has 2 N–H and O–H groups in total. The quantitative estimate of drug-likeness (QED) is 0.559. The van der Waals surface area contributed by atoms with Crippen LogP contribution in [0.3, 0.4) is 0 Å². The molecule has 0 bridgehead atoms. The first kappa shape index (κ1) is 20.5. The van der Waals surface area contributed by atoms with Gasteiger partial charge in [-0.1, -0.05) is 36.4 Å². The zero-order chi connectivity index (χ0) is 20.6. The maximum Gasteiger partial charge on any atom is 0.252 e. The Morgan fingerprint density at radius 3 is 2.62 bits per heavy atom. The van der Waals surface area contributed by atoms with Crippen LogP contribution in [0.5, 0.6) is 0 Å². The highest BCUT2D eigenvalue weighted by atomic mass is 32.1. The molecule has 0 aliphatic carbocycles. The number of rotatable bonds is 8. The standard InChI is InChI=1S/C22H23N3O3S/c1-25(21(27)10-5-12-23-22(28)17-11-13-29-15-17)14-20(26)24-19-9-4-7-16-6-2-3-8-18(16)19/h2-4,6-9,11,13,15H,5,10,12,14H2,1H3,(H,23,28)(H,24,26). The maximum atomic E-state index is 12.4. The number of thiophene rings is 1. The van der Waals surface area contributed by atoms with Crippen LogP contribution < -0.4 is 10.6 Å². The summed E-state index contributed by atoms with van der Waals surface area (Å²) in [5.41, 5.74) is 1.36. The fraction of sp³-hybridized carbons (Fsp3) is 0.227. The van der Waals surface area contributed by atoms with Crippen molar-refractivity contribution >= 4 is 45.5 Å². The third-order valence-corrected chi connectivity index (χ3v) is 5.19. The summed E-state index contributed by atoms with van der Waals surface area (Å²) in [7, 11) is 1.61. The molecule has 1 heterocycles. The van der Waals surface area contributed by atoms with Gasteiger partial charge >= 0.3 is 0 Å². The van der Waals surface area contributed by atoms with E-state index < -0.39 is 0 Å². The van der Waals surface area contributed by atoms with Crippen molar-refractivity contribution < 1.29 is 14.4 Å². The van der Waals surface area contributed by atoms with Gasteiger partial charge in [-0.3, -0.25) is 14.4 Å². The molecule has 0 unspecified atom stereocenters. The number of benzene rings is 2. The van der Waals surface area contributed by atoms with Gasteiger partial charge in [0.05, 0.1) is 6.54 Å². The number of nitrogens with zero attached hydrogens (tertiary/aromatic N) is 1. The molecule has 0 aliphatic heterocycles. The number of anilines is 1. The Kier molecular flexibility index (Phi) is 6.97. The summed E-state index contributed by atoms with van der Waals surface area (Å²) in [5, 5.41) is 11.3. The van der Waals surface area contributed by atoms with E-state index in [9.17, 15) is 14.4 Å². The second-order valence-corrected chi connectivity index (χ2v) is 7.48. The van der Waals surface area contributed by atoms with E-state index in [1.807, 2.05) is 47.8 Å². The molecule has 3 aromatic rings. The fourth-order valence-corrected chi connectivity index (χ4v) is 3.59. The molecular formula is C22H23N3O3S. The zero-order valence-corrected chi connectivity index (χ0v) is 17.0. The second-order valence-electron chi connectivity index (χ2n) is 6.70. The highest BCUT2D eigenvalue weighted by molar-refractivity contribution is 7.08. The Labute approximate surface area is 173 Å². The average Bonchev–Trinajstić information content (AvgIpc) is 3.26. The predicted octanol–water partition coefficient (Wildman–Crippen LogP) is 3.51. The van der Waals surface area contributed by atoms with Crippen molar-refractivity contribution in [3.8, 4) is 0 Å². The molecule has 0 saturated heterocycles. The minimum absolute atomic E-state index is 0.0245. The van der Waals surface area contributed by atoms with E-state index in [1.165, 1.54) is 16.2 Å². The molecular weight excluding hydrogens is 386 g/mol. The van der Waals surface area contributed by atoms with E-state index in [-0.39, 0.29) is 30.7 Å². The van der Waals surface area contributed by atoms with Crippen molar-refractivity contribution in [2.45, 2.75) is 12.8 Å². The van der Waals surface area contributed by atoms with E-state index in [0.717, 1.165) is 16.5 Å². The molecule has 2 aromatic carbocycles. The van der Waals surface area contributed by atoms with Crippen molar-refractivity contribution in [3.05, 3.63) is 64.9 Å². The van der Waals surface area contributed by atoms with Crippen LogP contribution in [-0.4, -0.2) is 42.8 Å². The lowest BCUT2D eigenvalue weighted by atomic mass is 10.1. The smallest absolute Gasteiger partial charge is 0.252 e. The van der Waals surface area contributed by atoms with Gasteiger partial charge in [-0.25, -0.2) is 0 Å². The topological polar surface area (TPSA) is 78.5 Å². The molecule has 0 radical (unpaired) electrons. The zero-order valence-electron chi connectivity index (χ0n) is 16.2.